The standard InChI is InChI=1S/C69H59N/c1-67(45-23-6-3-7-24-45)57-32-12-9-28-56(57)66-55(31-18-34-59(66)67)53-27-11-15-36-62(53)70(61-35-14-10-26-52(61)54-30-17-22-44-21-16-29-49(65(44)54)43-19-4-2-5-20-43)48-37-38-51-50-25-8-13-33-58(50)69(60(51)42-48)63-40-46-39-47-41-64(69)68(46,47)63/h3,6-18,21-28,30-38,42-43,46-47,49,63-64H,2,4-5,19-20,29,39-41H2,1H3. The van der Waals surface area contributed by atoms with Gasteiger partial charge in [-0.1, -0.05) is 189 Å². The van der Waals surface area contributed by atoms with Gasteiger partial charge in [-0.3, -0.25) is 0 Å². The molecule has 2 spiro atoms. The smallest absolute Gasteiger partial charge is 0.0540 e. The molecule has 16 rings (SSSR count). The monoisotopic (exact) mass is 901 g/mol. The number of hydrogen-bond donors (Lipinski definition) is 0. The Morgan fingerprint density at radius 3 is 1.83 bits per heavy atom. The number of fused-ring (bicyclic) bond motifs is 11. The summed E-state index contributed by atoms with van der Waals surface area (Å²) in [6.45, 7) is 2.45. The summed E-state index contributed by atoms with van der Waals surface area (Å²) in [4.78, 5) is 2.71. The van der Waals surface area contributed by atoms with Gasteiger partial charge < -0.3 is 4.90 Å². The Bertz CT molecular complexity index is 3490. The molecule has 6 atom stereocenters. The molecule has 8 aromatic carbocycles. The van der Waals surface area contributed by atoms with Gasteiger partial charge in [0.1, 0.15) is 0 Å². The predicted octanol–water partition coefficient (Wildman–Crippen LogP) is 17.8. The van der Waals surface area contributed by atoms with E-state index in [1.165, 1.54) is 135 Å². The van der Waals surface area contributed by atoms with Gasteiger partial charge in [0.05, 0.1) is 11.4 Å². The van der Waals surface area contributed by atoms with Crippen LogP contribution in [-0.4, -0.2) is 0 Å². The number of allylic oxidation sites excluding steroid dienone is 1. The van der Waals surface area contributed by atoms with Crippen LogP contribution in [0.5, 0.6) is 0 Å². The van der Waals surface area contributed by atoms with E-state index in [4.69, 9.17) is 0 Å². The molecule has 8 aromatic rings. The van der Waals surface area contributed by atoms with Gasteiger partial charge in [0.2, 0.25) is 0 Å². The van der Waals surface area contributed by atoms with Gasteiger partial charge in [-0.15, -0.1) is 0 Å². The SMILES string of the molecule is CC1(c2ccccc2)c2ccccc2-c2c(-c3ccccc3N(c3ccc4c(c3)C3(c5ccccc5-4)C4CC5CC6CC3C564)c3ccccc3-c3cccc4c3C(C3CCCCC3)CC=C4)cccc21. The summed E-state index contributed by atoms with van der Waals surface area (Å²) in [7, 11) is 0. The van der Waals surface area contributed by atoms with Crippen molar-refractivity contribution in [3.8, 4) is 44.5 Å². The van der Waals surface area contributed by atoms with Gasteiger partial charge in [0.15, 0.2) is 0 Å². The van der Waals surface area contributed by atoms with Crippen LogP contribution in [0.4, 0.5) is 17.1 Å². The second-order valence-electron chi connectivity index (χ2n) is 22.9. The zero-order chi connectivity index (χ0) is 45.9. The first kappa shape index (κ1) is 40.1. The Balaban J connectivity index is 0.938. The zero-order valence-corrected chi connectivity index (χ0v) is 40.3. The van der Waals surface area contributed by atoms with Crippen LogP contribution >= 0.6 is 0 Å². The first-order chi connectivity index (χ1) is 34.6. The molecule has 0 aromatic heterocycles. The molecule has 1 nitrogen and oxygen atoms in total. The minimum Gasteiger partial charge on any atom is -0.309 e. The molecule has 8 aliphatic carbocycles. The van der Waals surface area contributed by atoms with E-state index in [0.29, 0.717) is 11.3 Å². The van der Waals surface area contributed by atoms with Crippen molar-refractivity contribution in [2.75, 3.05) is 4.90 Å². The lowest BCUT2D eigenvalue weighted by Crippen LogP contribution is -2.88. The topological polar surface area (TPSA) is 3.24 Å². The molecule has 340 valence electrons. The average Bonchev–Trinajstić information content (AvgIpc) is 3.87. The molecule has 5 fully saturated rings. The zero-order valence-electron chi connectivity index (χ0n) is 40.3. The fourth-order valence-corrected chi connectivity index (χ4v) is 17.9. The van der Waals surface area contributed by atoms with E-state index in [1.807, 2.05) is 0 Å². The minimum atomic E-state index is -0.287. The maximum Gasteiger partial charge on any atom is 0.0540 e. The third-order valence-electron chi connectivity index (χ3n) is 20.7. The molecule has 6 unspecified atom stereocenters. The molecule has 0 saturated heterocycles. The van der Waals surface area contributed by atoms with Crippen molar-refractivity contribution < 1.29 is 0 Å². The van der Waals surface area contributed by atoms with Crippen LogP contribution < -0.4 is 4.90 Å². The summed E-state index contributed by atoms with van der Waals surface area (Å²) >= 11 is 0. The summed E-state index contributed by atoms with van der Waals surface area (Å²) in [5.74, 6) is 4.71. The molecule has 8 aliphatic rings. The van der Waals surface area contributed by atoms with E-state index in [0.717, 1.165) is 36.0 Å². The second kappa shape index (κ2) is 14.4. The van der Waals surface area contributed by atoms with E-state index < -0.39 is 0 Å². The Morgan fingerprint density at radius 1 is 0.471 bits per heavy atom. The van der Waals surface area contributed by atoms with Crippen LogP contribution in [0.2, 0.25) is 0 Å². The normalized spacial score (nSPS) is 28.6. The predicted molar refractivity (Wildman–Crippen MR) is 289 cm³/mol. The van der Waals surface area contributed by atoms with Crippen LogP contribution in [0.25, 0.3) is 50.6 Å². The van der Waals surface area contributed by atoms with Gasteiger partial charge in [-0.25, -0.2) is 0 Å². The van der Waals surface area contributed by atoms with Crippen LogP contribution in [-0.2, 0) is 10.8 Å². The number of nitrogens with zero attached hydrogens (tertiary/aromatic N) is 1. The van der Waals surface area contributed by atoms with Crippen molar-refractivity contribution >= 4 is 23.1 Å². The highest BCUT2D eigenvalue weighted by Gasteiger charge is 2.90. The van der Waals surface area contributed by atoms with Crippen LogP contribution in [0.3, 0.4) is 0 Å². The van der Waals surface area contributed by atoms with Crippen molar-refractivity contribution in [3.05, 3.63) is 227 Å². The third-order valence-corrected chi connectivity index (χ3v) is 20.7. The molecule has 0 amide bonds. The maximum atomic E-state index is 2.71. The van der Waals surface area contributed by atoms with Crippen molar-refractivity contribution in [2.45, 2.75) is 81.5 Å². The lowest BCUT2D eigenvalue weighted by molar-refractivity contribution is -0.412. The molecular weight excluding hydrogens is 843 g/mol. The highest BCUT2D eigenvalue weighted by Crippen LogP contribution is 2.95. The number of hydrogen-bond acceptors (Lipinski definition) is 1. The van der Waals surface area contributed by atoms with Crippen molar-refractivity contribution in [2.24, 2.45) is 35.0 Å². The van der Waals surface area contributed by atoms with E-state index in [2.05, 4.69) is 206 Å². The summed E-state index contributed by atoms with van der Waals surface area (Å²) in [6.07, 6.45) is 17.1. The van der Waals surface area contributed by atoms with Crippen LogP contribution in [0.15, 0.2) is 188 Å². The van der Waals surface area contributed by atoms with Crippen molar-refractivity contribution in [1.29, 1.82) is 0 Å². The van der Waals surface area contributed by atoms with Gasteiger partial charge >= 0.3 is 0 Å². The molecule has 5 saturated carbocycles. The summed E-state index contributed by atoms with van der Waals surface area (Å²) in [5, 5.41) is 0. The van der Waals surface area contributed by atoms with Gasteiger partial charge in [0.25, 0.3) is 0 Å². The molecule has 0 N–H and O–H groups in total. The van der Waals surface area contributed by atoms with Crippen molar-refractivity contribution in [3.63, 3.8) is 0 Å². The van der Waals surface area contributed by atoms with Gasteiger partial charge in [-0.2, -0.15) is 0 Å². The first-order valence-electron chi connectivity index (χ1n) is 26.9. The van der Waals surface area contributed by atoms with E-state index in [-0.39, 0.29) is 10.8 Å². The largest absolute Gasteiger partial charge is 0.309 e. The van der Waals surface area contributed by atoms with E-state index in [1.54, 1.807) is 16.7 Å². The highest BCUT2D eigenvalue weighted by atomic mass is 15.1. The average molecular weight is 902 g/mol. The molecule has 0 bridgehead atoms. The summed E-state index contributed by atoms with van der Waals surface area (Å²) in [6, 6.07) is 70.9. The lowest BCUT2D eigenvalue weighted by atomic mass is 9.11. The number of anilines is 3. The molecule has 0 aliphatic heterocycles. The maximum absolute atomic E-state index is 2.71. The Morgan fingerprint density at radius 2 is 1.07 bits per heavy atom. The number of para-hydroxylation sites is 2. The molecule has 0 heterocycles. The quantitative estimate of drug-likeness (QED) is 0.154. The third kappa shape index (κ3) is 4.85. The van der Waals surface area contributed by atoms with Gasteiger partial charge in [-0.05, 0) is 183 Å². The van der Waals surface area contributed by atoms with Gasteiger partial charge in [0, 0.05) is 27.6 Å². The van der Waals surface area contributed by atoms with E-state index in [9.17, 15) is 0 Å². The van der Waals surface area contributed by atoms with Crippen LogP contribution in [0, 0.1) is 35.0 Å². The Labute approximate surface area is 414 Å². The first-order valence-corrected chi connectivity index (χ1v) is 26.9. The molecular formula is C69H59N. The minimum absolute atomic E-state index is 0.115. The fourth-order valence-electron chi connectivity index (χ4n) is 17.9. The van der Waals surface area contributed by atoms with Crippen LogP contribution in [0.1, 0.15) is 110 Å². The number of rotatable bonds is 7. The molecule has 0 radical (unpaired) electrons. The molecule has 70 heavy (non-hydrogen) atoms. The second-order valence-corrected chi connectivity index (χ2v) is 22.9. The highest BCUT2D eigenvalue weighted by molar-refractivity contribution is 6.01. The summed E-state index contributed by atoms with van der Waals surface area (Å²) in [5.41, 5.74) is 25.4. The Kier molecular flexibility index (Phi) is 8.27. The lowest BCUT2D eigenvalue weighted by Gasteiger charge is -2.92. The summed E-state index contributed by atoms with van der Waals surface area (Å²) < 4.78 is 0. The fraction of sp³-hybridized carbons (Fsp3) is 0.275. The van der Waals surface area contributed by atoms with E-state index >= 15 is 0 Å². The molecule has 1 heteroatoms. The number of benzene rings is 8. The Hall–Kier alpha value is -6.70. The van der Waals surface area contributed by atoms with Crippen molar-refractivity contribution in [1.82, 2.24) is 0 Å².